The van der Waals surface area contributed by atoms with E-state index < -0.39 is 6.04 Å². The molecule has 3 rings (SSSR count). The zero-order valence-corrected chi connectivity index (χ0v) is 12.9. The number of aromatic amines is 1. The van der Waals surface area contributed by atoms with Crippen molar-refractivity contribution in [2.45, 2.75) is 13.0 Å². The van der Waals surface area contributed by atoms with Crippen molar-refractivity contribution in [2.75, 3.05) is 5.32 Å². The summed E-state index contributed by atoms with van der Waals surface area (Å²) in [5.74, 6) is -0.675. The molecule has 0 bridgehead atoms. The zero-order chi connectivity index (χ0) is 16.9. The van der Waals surface area contributed by atoms with Crippen LogP contribution < -0.4 is 10.6 Å². The van der Waals surface area contributed by atoms with E-state index in [1.54, 1.807) is 19.2 Å². The normalized spacial score (nSPS) is 11.7. The molecule has 7 heteroatoms. The van der Waals surface area contributed by atoms with Crippen LogP contribution in [0, 0.1) is 0 Å². The maximum absolute atomic E-state index is 12.2. The number of H-pyrrole nitrogens is 1. The lowest BCUT2D eigenvalue weighted by Crippen LogP contribution is -2.41. The standard InChI is InChI=1S/C17H16N4O3/c1-11(19-17(23)13-6-8-24-10-13)16(22)20-14-4-2-3-12(9-14)15-5-7-18-21-15/h2-11H,1H3,(H,18,21)(H,19,23)(H,20,22)/t11-/m1/s1. The first-order valence-electron chi connectivity index (χ1n) is 7.37. The number of carbonyl (C=O) groups excluding carboxylic acids is 2. The van der Waals surface area contributed by atoms with Gasteiger partial charge in [0.25, 0.3) is 5.91 Å². The fourth-order valence-corrected chi connectivity index (χ4v) is 2.17. The third kappa shape index (κ3) is 3.52. The minimum atomic E-state index is -0.691. The zero-order valence-electron chi connectivity index (χ0n) is 12.9. The number of benzene rings is 1. The highest BCUT2D eigenvalue weighted by Crippen LogP contribution is 2.20. The Kier molecular flexibility index (Phi) is 4.42. The maximum Gasteiger partial charge on any atom is 0.255 e. The van der Waals surface area contributed by atoms with E-state index in [0.717, 1.165) is 11.3 Å². The van der Waals surface area contributed by atoms with Crippen molar-refractivity contribution >= 4 is 17.5 Å². The summed E-state index contributed by atoms with van der Waals surface area (Å²) in [5.41, 5.74) is 2.76. The Morgan fingerprint density at radius 3 is 2.83 bits per heavy atom. The smallest absolute Gasteiger partial charge is 0.255 e. The largest absolute Gasteiger partial charge is 0.472 e. The quantitative estimate of drug-likeness (QED) is 0.671. The van der Waals surface area contributed by atoms with Gasteiger partial charge in [0.05, 0.1) is 17.5 Å². The topological polar surface area (TPSA) is 100 Å². The summed E-state index contributed by atoms with van der Waals surface area (Å²) >= 11 is 0. The van der Waals surface area contributed by atoms with E-state index in [1.165, 1.54) is 18.6 Å². The number of hydrogen-bond donors (Lipinski definition) is 3. The molecule has 7 nitrogen and oxygen atoms in total. The molecule has 122 valence electrons. The second kappa shape index (κ2) is 6.82. The number of nitrogens with one attached hydrogen (secondary N) is 3. The van der Waals surface area contributed by atoms with Gasteiger partial charge in [-0.05, 0) is 31.2 Å². The Bertz CT molecular complexity index is 825. The Labute approximate surface area is 138 Å². The van der Waals surface area contributed by atoms with Crippen molar-refractivity contribution in [3.8, 4) is 11.3 Å². The third-order valence-corrected chi connectivity index (χ3v) is 3.47. The maximum atomic E-state index is 12.2. The second-order valence-electron chi connectivity index (χ2n) is 5.25. The van der Waals surface area contributed by atoms with Gasteiger partial charge in [-0.1, -0.05) is 12.1 Å². The van der Waals surface area contributed by atoms with Crippen molar-refractivity contribution in [1.29, 1.82) is 0 Å². The van der Waals surface area contributed by atoms with E-state index in [1.807, 2.05) is 24.3 Å². The molecule has 2 heterocycles. The van der Waals surface area contributed by atoms with Crippen LogP contribution >= 0.6 is 0 Å². The van der Waals surface area contributed by atoms with Crippen molar-refractivity contribution in [3.63, 3.8) is 0 Å². The predicted molar refractivity (Wildman–Crippen MR) is 88.3 cm³/mol. The lowest BCUT2D eigenvalue weighted by Gasteiger charge is -2.14. The van der Waals surface area contributed by atoms with E-state index in [0.29, 0.717) is 11.3 Å². The first kappa shape index (κ1) is 15.5. The van der Waals surface area contributed by atoms with Gasteiger partial charge in [0.2, 0.25) is 5.91 Å². The summed E-state index contributed by atoms with van der Waals surface area (Å²) in [6.45, 7) is 1.62. The molecule has 1 aromatic carbocycles. The Morgan fingerprint density at radius 1 is 1.25 bits per heavy atom. The fraction of sp³-hybridized carbons (Fsp3) is 0.118. The summed E-state index contributed by atoms with van der Waals surface area (Å²) in [6.07, 6.45) is 4.39. The molecule has 0 spiro atoms. The van der Waals surface area contributed by atoms with Gasteiger partial charge in [-0.3, -0.25) is 14.7 Å². The SMILES string of the molecule is C[C@@H](NC(=O)c1ccoc1)C(=O)Nc1cccc(-c2ccn[nH]2)c1. The number of furan rings is 1. The third-order valence-electron chi connectivity index (χ3n) is 3.47. The van der Waals surface area contributed by atoms with Crippen molar-refractivity contribution in [3.05, 3.63) is 60.7 Å². The summed E-state index contributed by atoms with van der Waals surface area (Å²) in [5, 5.41) is 12.2. The Balaban J connectivity index is 1.64. The molecular weight excluding hydrogens is 308 g/mol. The number of carbonyl (C=O) groups is 2. The Hall–Kier alpha value is -3.35. The molecular formula is C17H16N4O3. The molecule has 0 aliphatic heterocycles. The molecule has 1 atom stereocenters. The van der Waals surface area contributed by atoms with Gasteiger partial charge in [-0.25, -0.2) is 0 Å². The van der Waals surface area contributed by atoms with Crippen LogP contribution in [0.2, 0.25) is 0 Å². The molecule has 0 fully saturated rings. The molecule has 0 aliphatic carbocycles. The number of aromatic nitrogens is 2. The van der Waals surface area contributed by atoms with Gasteiger partial charge in [0.1, 0.15) is 12.3 Å². The van der Waals surface area contributed by atoms with Gasteiger partial charge in [-0.2, -0.15) is 5.10 Å². The molecule has 2 aromatic heterocycles. The molecule has 24 heavy (non-hydrogen) atoms. The van der Waals surface area contributed by atoms with Gasteiger partial charge in [-0.15, -0.1) is 0 Å². The van der Waals surface area contributed by atoms with Gasteiger partial charge >= 0.3 is 0 Å². The van der Waals surface area contributed by atoms with Crippen LogP contribution in [0.5, 0.6) is 0 Å². The summed E-state index contributed by atoms with van der Waals surface area (Å²) in [6, 6.07) is 10.0. The van der Waals surface area contributed by atoms with E-state index in [2.05, 4.69) is 20.8 Å². The molecule has 0 aliphatic rings. The highest BCUT2D eigenvalue weighted by Gasteiger charge is 2.17. The van der Waals surface area contributed by atoms with Crippen LogP contribution in [-0.2, 0) is 4.79 Å². The van der Waals surface area contributed by atoms with E-state index in [9.17, 15) is 9.59 Å². The molecule has 0 saturated heterocycles. The van der Waals surface area contributed by atoms with E-state index in [-0.39, 0.29) is 11.8 Å². The van der Waals surface area contributed by atoms with Crippen molar-refractivity contribution in [1.82, 2.24) is 15.5 Å². The van der Waals surface area contributed by atoms with Crippen molar-refractivity contribution < 1.29 is 14.0 Å². The van der Waals surface area contributed by atoms with E-state index in [4.69, 9.17) is 4.42 Å². The average Bonchev–Trinajstić information content (AvgIpc) is 3.28. The monoisotopic (exact) mass is 324 g/mol. The minimum absolute atomic E-state index is 0.311. The van der Waals surface area contributed by atoms with Crippen molar-refractivity contribution in [2.24, 2.45) is 0 Å². The highest BCUT2D eigenvalue weighted by molar-refractivity contribution is 6.00. The van der Waals surface area contributed by atoms with Crippen LogP contribution in [0.4, 0.5) is 5.69 Å². The molecule has 0 radical (unpaired) electrons. The molecule has 0 unspecified atom stereocenters. The van der Waals surface area contributed by atoms with Gasteiger partial charge < -0.3 is 15.1 Å². The first-order valence-corrected chi connectivity index (χ1v) is 7.37. The summed E-state index contributed by atoms with van der Waals surface area (Å²) < 4.78 is 4.85. The molecule has 0 saturated carbocycles. The summed E-state index contributed by atoms with van der Waals surface area (Å²) in [7, 11) is 0. The van der Waals surface area contributed by atoms with E-state index >= 15 is 0 Å². The van der Waals surface area contributed by atoms with Crippen LogP contribution in [-0.4, -0.2) is 28.1 Å². The minimum Gasteiger partial charge on any atom is -0.472 e. The number of rotatable bonds is 5. The van der Waals surface area contributed by atoms with Crippen LogP contribution in [0.15, 0.2) is 59.5 Å². The fourth-order valence-electron chi connectivity index (χ4n) is 2.17. The molecule has 3 N–H and O–H groups in total. The first-order chi connectivity index (χ1) is 11.6. The van der Waals surface area contributed by atoms with Gasteiger partial charge in [0.15, 0.2) is 0 Å². The lowest BCUT2D eigenvalue weighted by atomic mass is 10.1. The second-order valence-corrected chi connectivity index (χ2v) is 5.25. The summed E-state index contributed by atoms with van der Waals surface area (Å²) in [4.78, 5) is 24.2. The Morgan fingerprint density at radius 2 is 2.12 bits per heavy atom. The number of amides is 2. The van der Waals surface area contributed by atoms with Crippen LogP contribution in [0.25, 0.3) is 11.3 Å². The van der Waals surface area contributed by atoms with Gasteiger partial charge in [0, 0.05) is 17.4 Å². The predicted octanol–water partition coefficient (Wildman–Crippen LogP) is 2.43. The average molecular weight is 324 g/mol. The van der Waals surface area contributed by atoms with Crippen LogP contribution in [0.1, 0.15) is 17.3 Å². The molecule has 2 amide bonds. The number of anilines is 1. The van der Waals surface area contributed by atoms with Crippen LogP contribution in [0.3, 0.4) is 0 Å². The number of nitrogens with zero attached hydrogens (tertiary/aromatic N) is 1. The number of hydrogen-bond acceptors (Lipinski definition) is 4. The lowest BCUT2D eigenvalue weighted by molar-refractivity contribution is -0.117. The molecule has 3 aromatic rings. The highest BCUT2D eigenvalue weighted by atomic mass is 16.3.